The highest BCUT2D eigenvalue weighted by Crippen LogP contribution is 2.39. The molecule has 0 bridgehead atoms. The van der Waals surface area contributed by atoms with Crippen LogP contribution < -0.4 is 0 Å². The minimum Gasteiger partial charge on any atom is -0.445 e. The lowest BCUT2D eigenvalue weighted by Gasteiger charge is -2.38. The van der Waals surface area contributed by atoms with E-state index in [4.69, 9.17) is 9.16 Å². The topological polar surface area (TPSA) is 59.0 Å². The Hall–Kier alpha value is -1.37. The molecule has 2 atom stereocenters. The van der Waals surface area contributed by atoms with Crippen LogP contribution in [0.3, 0.4) is 0 Å². The Morgan fingerprint density at radius 1 is 1.27 bits per heavy atom. The highest BCUT2D eigenvalue weighted by atomic mass is 28.4. The lowest BCUT2D eigenvalue weighted by atomic mass is 10.1. The van der Waals surface area contributed by atoms with Gasteiger partial charge in [-0.25, -0.2) is 4.79 Å². The predicted octanol–water partition coefficient (Wildman–Crippen LogP) is 4.17. The van der Waals surface area contributed by atoms with Crippen LogP contribution in [-0.2, 0) is 15.8 Å². The van der Waals surface area contributed by atoms with E-state index in [2.05, 4.69) is 33.9 Å². The first-order valence-corrected chi connectivity index (χ1v) is 12.3. The second-order valence-corrected chi connectivity index (χ2v) is 13.4. The van der Waals surface area contributed by atoms with Crippen molar-refractivity contribution in [2.24, 2.45) is 0 Å². The number of likely N-dealkylation sites (tertiary alicyclic amines) is 1. The first-order chi connectivity index (χ1) is 12.1. The molecule has 1 amide bonds. The molecule has 1 aromatic carbocycles. The maximum absolute atomic E-state index is 12.6. The number of ether oxygens (including phenoxy) is 1. The Morgan fingerprint density at radius 3 is 2.50 bits per heavy atom. The van der Waals surface area contributed by atoms with Crippen molar-refractivity contribution in [3.8, 4) is 0 Å². The molecular formula is C20H33NO4Si. The van der Waals surface area contributed by atoms with Crippen LogP contribution in [0.2, 0.25) is 18.1 Å². The van der Waals surface area contributed by atoms with Crippen molar-refractivity contribution in [2.75, 3.05) is 13.2 Å². The van der Waals surface area contributed by atoms with Crippen molar-refractivity contribution in [1.29, 1.82) is 0 Å². The van der Waals surface area contributed by atoms with Crippen molar-refractivity contribution in [1.82, 2.24) is 4.90 Å². The number of nitrogens with zero attached hydrogens (tertiary/aromatic N) is 1. The van der Waals surface area contributed by atoms with Crippen LogP contribution in [0.4, 0.5) is 4.79 Å². The molecule has 1 aromatic rings. The van der Waals surface area contributed by atoms with Crippen LogP contribution in [0.1, 0.15) is 39.2 Å². The predicted molar refractivity (Wildman–Crippen MR) is 106 cm³/mol. The molecule has 0 aromatic heterocycles. The zero-order chi connectivity index (χ0) is 19.4. The summed E-state index contributed by atoms with van der Waals surface area (Å²) in [6.07, 6.45) is 0.996. The number of carbonyl (C=O) groups is 1. The monoisotopic (exact) mass is 379 g/mol. The van der Waals surface area contributed by atoms with E-state index >= 15 is 0 Å². The van der Waals surface area contributed by atoms with E-state index in [9.17, 15) is 9.90 Å². The molecule has 1 saturated heterocycles. The largest absolute Gasteiger partial charge is 0.445 e. The first kappa shape index (κ1) is 20.9. The molecule has 26 heavy (non-hydrogen) atoms. The third kappa shape index (κ3) is 5.31. The van der Waals surface area contributed by atoms with Gasteiger partial charge in [-0.05, 0) is 36.5 Å². The van der Waals surface area contributed by atoms with Gasteiger partial charge in [-0.15, -0.1) is 0 Å². The molecule has 0 unspecified atom stereocenters. The highest BCUT2D eigenvalue weighted by Gasteiger charge is 2.43. The van der Waals surface area contributed by atoms with Gasteiger partial charge in [0.15, 0.2) is 8.32 Å². The zero-order valence-electron chi connectivity index (χ0n) is 16.7. The number of hydrogen-bond acceptors (Lipinski definition) is 4. The van der Waals surface area contributed by atoms with Crippen LogP contribution >= 0.6 is 0 Å². The number of carbonyl (C=O) groups excluding carboxylic acids is 1. The van der Waals surface area contributed by atoms with E-state index < -0.39 is 8.32 Å². The summed E-state index contributed by atoms with van der Waals surface area (Å²) in [4.78, 5) is 14.3. The summed E-state index contributed by atoms with van der Waals surface area (Å²) in [5.41, 5.74) is 0.966. The number of amides is 1. The van der Waals surface area contributed by atoms with Gasteiger partial charge in [0.05, 0.1) is 6.10 Å². The fourth-order valence-electron chi connectivity index (χ4n) is 3.00. The normalized spacial score (nSPS) is 21.1. The summed E-state index contributed by atoms with van der Waals surface area (Å²) >= 11 is 0. The molecule has 6 heteroatoms. The zero-order valence-corrected chi connectivity index (χ0v) is 17.7. The number of benzene rings is 1. The van der Waals surface area contributed by atoms with Crippen LogP contribution in [0.5, 0.6) is 0 Å². The molecule has 1 aliphatic heterocycles. The van der Waals surface area contributed by atoms with Gasteiger partial charge in [0.2, 0.25) is 0 Å². The Labute approximate surface area is 158 Å². The van der Waals surface area contributed by atoms with Gasteiger partial charge in [0.1, 0.15) is 6.61 Å². The molecule has 0 aliphatic carbocycles. The molecule has 1 N–H and O–H groups in total. The molecule has 0 spiro atoms. The lowest BCUT2D eigenvalue weighted by Crippen LogP contribution is -2.44. The second kappa shape index (κ2) is 8.54. The van der Waals surface area contributed by atoms with E-state index in [0.717, 1.165) is 12.0 Å². The number of aliphatic hydroxyl groups excluding tert-OH is 1. The van der Waals surface area contributed by atoms with Crippen molar-refractivity contribution in [3.05, 3.63) is 35.9 Å². The highest BCUT2D eigenvalue weighted by molar-refractivity contribution is 6.74. The number of hydrogen-bond donors (Lipinski definition) is 1. The maximum Gasteiger partial charge on any atom is 0.410 e. The summed E-state index contributed by atoms with van der Waals surface area (Å²) < 4.78 is 12.0. The molecule has 1 aliphatic rings. The van der Waals surface area contributed by atoms with E-state index in [1.807, 2.05) is 30.3 Å². The minimum absolute atomic E-state index is 0.0108. The average Bonchev–Trinajstić information content (AvgIpc) is 2.95. The van der Waals surface area contributed by atoms with Gasteiger partial charge in [-0.2, -0.15) is 0 Å². The molecular weight excluding hydrogens is 346 g/mol. The quantitative estimate of drug-likeness (QED) is 0.754. The van der Waals surface area contributed by atoms with E-state index in [1.165, 1.54) is 0 Å². The lowest BCUT2D eigenvalue weighted by molar-refractivity contribution is 0.0844. The number of rotatable bonds is 6. The van der Waals surface area contributed by atoms with Gasteiger partial charge in [-0.1, -0.05) is 51.1 Å². The minimum atomic E-state index is -1.90. The number of aliphatic hydroxyl groups is 1. The van der Waals surface area contributed by atoms with Crippen LogP contribution in [0, 0.1) is 0 Å². The van der Waals surface area contributed by atoms with Gasteiger partial charge in [0, 0.05) is 19.2 Å². The summed E-state index contributed by atoms with van der Waals surface area (Å²) in [6, 6.07) is 9.63. The summed E-state index contributed by atoms with van der Waals surface area (Å²) in [5.74, 6) is 0. The SMILES string of the molecule is CC(C)(C)[Si](C)(C)O[C@@H]1C[C@H](CCO)N(C(=O)OCc2ccccc2)C1. The molecule has 2 rings (SSSR count). The average molecular weight is 380 g/mol. The smallest absolute Gasteiger partial charge is 0.410 e. The molecule has 1 fully saturated rings. The fourth-order valence-corrected chi connectivity index (χ4v) is 4.36. The van der Waals surface area contributed by atoms with Crippen molar-refractivity contribution < 1.29 is 19.1 Å². The van der Waals surface area contributed by atoms with Crippen LogP contribution in [-0.4, -0.2) is 49.7 Å². The standard InChI is InChI=1S/C20H33NO4Si/c1-20(2,3)26(4,5)25-18-13-17(11-12-22)21(14-18)19(23)24-15-16-9-7-6-8-10-16/h6-10,17-18,22H,11-15H2,1-5H3/t17-,18+/m0/s1. The third-order valence-corrected chi connectivity index (χ3v) is 10.1. The van der Waals surface area contributed by atoms with E-state index in [-0.39, 0.29) is 36.5 Å². The van der Waals surface area contributed by atoms with Crippen molar-refractivity contribution >= 4 is 14.4 Å². The van der Waals surface area contributed by atoms with E-state index in [0.29, 0.717) is 13.0 Å². The first-order valence-electron chi connectivity index (χ1n) is 9.40. The Morgan fingerprint density at radius 2 is 1.92 bits per heavy atom. The Kier molecular flexibility index (Phi) is 6.88. The van der Waals surface area contributed by atoms with Crippen LogP contribution in [0.15, 0.2) is 30.3 Å². The summed E-state index contributed by atoms with van der Waals surface area (Å²) in [7, 11) is -1.90. The van der Waals surface area contributed by atoms with Crippen molar-refractivity contribution in [2.45, 2.75) is 70.5 Å². The summed E-state index contributed by atoms with van der Waals surface area (Å²) in [5, 5.41) is 9.50. The van der Waals surface area contributed by atoms with Gasteiger partial charge >= 0.3 is 6.09 Å². The van der Waals surface area contributed by atoms with E-state index in [1.54, 1.807) is 4.90 Å². The Balaban J connectivity index is 1.98. The molecule has 146 valence electrons. The van der Waals surface area contributed by atoms with Gasteiger partial charge in [-0.3, -0.25) is 0 Å². The second-order valence-electron chi connectivity index (χ2n) is 8.59. The Bertz CT molecular complexity index is 585. The maximum atomic E-state index is 12.6. The van der Waals surface area contributed by atoms with Crippen molar-refractivity contribution in [3.63, 3.8) is 0 Å². The molecule has 0 saturated carbocycles. The fraction of sp³-hybridized carbons (Fsp3) is 0.650. The summed E-state index contributed by atoms with van der Waals surface area (Å²) in [6.45, 7) is 11.9. The van der Waals surface area contributed by atoms with Crippen LogP contribution in [0.25, 0.3) is 0 Å². The van der Waals surface area contributed by atoms with Gasteiger partial charge < -0.3 is 19.2 Å². The molecule has 5 nitrogen and oxygen atoms in total. The molecule has 1 heterocycles. The third-order valence-electron chi connectivity index (χ3n) is 5.55. The molecule has 0 radical (unpaired) electrons. The van der Waals surface area contributed by atoms with Gasteiger partial charge in [0.25, 0.3) is 0 Å².